The van der Waals surface area contributed by atoms with E-state index in [-0.39, 0.29) is 24.8 Å². The number of hydrogen-bond donors (Lipinski definition) is 2. The van der Waals surface area contributed by atoms with Gasteiger partial charge < -0.3 is 15.1 Å². The second-order valence-electron chi connectivity index (χ2n) is 5.36. The number of para-hydroxylation sites is 1. The molecule has 6 heteroatoms. The highest BCUT2D eigenvalue weighted by Crippen LogP contribution is 2.18. The van der Waals surface area contributed by atoms with Gasteiger partial charge in [-0.3, -0.25) is 9.59 Å². The van der Waals surface area contributed by atoms with Crippen molar-refractivity contribution in [3.8, 4) is 11.3 Å². The number of nitrogens with zero attached hydrogens (tertiary/aromatic N) is 1. The van der Waals surface area contributed by atoms with E-state index in [1.807, 2.05) is 30.3 Å². The van der Waals surface area contributed by atoms with Crippen molar-refractivity contribution in [2.75, 3.05) is 11.9 Å². The van der Waals surface area contributed by atoms with Crippen LogP contribution in [0.4, 0.5) is 5.69 Å². The number of amides is 2. The van der Waals surface area contributed by atoms with Crippen molar-refractivity contribution in [1.29, 1.82) is 0 Å². The second kappa shape index (κ2) is 7.92. The Labute approximate surface area is 144 Å². The highest BCUT2D eigenvalue weighted by molar-refractivity contribution is 5.95. The Bertz CT molecular complexity index is 828. The van der Waals surface area contributed by atoms with Gasteiger partial charge in [-0.1, -0.05) is 30.3 Å². The summed E-state index contributed by atoms with van der Waals surface area (Å²) < 4.78 is 5.20. The van der Waals surface area contributed by atoms with Gasteiger partial charge in [-0.05, 0) is 24.3 Å². The summed E-state index contributed by atoms with van der Waals surface area (Å²) in [5.74, 6) is 0.272. The Morgan fingerprint density at radius 3 is 2.44 bits per heavy atom. The Morgan fingerprint density at radius 2 is 1.76 bits per heavy atom. The van der Waals surface area contributed by atoms with Gasteiger partial charge in [-0.25, -0.2) is 4.98 Å². The van der Waals surface area contributed by atoms with Crippen molar-refractivity contribution in [3.05, 3.63) is 72.8 Å². The Balaban J connectivity index is 1.47. The SMILES string of the molecule is O=C(CCNC(=O)c1ccc(-c2cnco2)cc1)Nc1ccccc1. The topological polar surface area (TPSA) is 84.2 Å². The molecule has 2 aromatic carbocycles. The van der Waals surface area contributed by atoms with Gasteiger partial charge in [0.2, 0.25) is 5.91 Å². The van der Waals surface area contributed by atoms with Gasteiger partial charge in [0.05, 0.1) is 6.20 Å². The molecule has 0 bridgehead atoms. The number of hydrogen-bond acceptors (Lipinski definition) is 4. The standard InChI is InChI=1S/C19H17N3O3/c23-18(22-16-4-2-1-3-5-16)10-11-21-19(24)15-8-6-14(7-9-15)17-12-20-13-25-17/h1-9,12-13H,10-11H2,(H,21,24)(H,22,23). The van der Waals surface area contributed by atoms with Gasteiger partial charge in [-0.15, -0.1) is 0 Å². The van der Waals surface area contributed by atoms with Crippen molar-refractivity contribution in [2.45, 2.75) is 6.42 Å². The van der Waals surface area contributed by atoms with E-state index in [1.54, 1.807) is 30.5 Å². The molecular formula is C19H17N3O3. The Hall–Kier alpha value is -3.41. The zero-order valence-electron chi connectivity index (χ0n) is 13.4. The lowest BCUT2D eigenvalue weighted by Gasteiger charge is -2.07. The van der Waals surface area contributed by atoms with E-state index in [1.165, 1.54) is 6.39 Å². The van der Waals surface area contributed by atoms with E-state index in [9.17, 15) is 9.59 Å². The quantitative estimate of drug-likeness (QED) is 0.725. The summed E-state index contributed by atoms with van der Waals surface area (Å²) in [7, 11) is 0. The number of oxazole rings is 1. The van der Waals surface area contributed by atoms with Crippen LogP contribution in [0.5, 0.6) is 0 Å². The zero-order chi connectivity index (χ0) is 17.5. The summed E-state index contributed by atoms with van der Waals surface area (Å²) in [4.78, 5) is 27.8. The summed E-state index contributed by atoms with van der Waals surface area (Å²) in [6.45, 7) is 0.265. The van der Waals surface area contributed by atoms with Crippen LogP contribution in [0.25, 0.3) is 11.3 Å². The fourth-order valence-corrected chi connectivity index (χ4v) is 2.28. The van der Waals surface area contributed by atoms with E-state index in [0.717, 1.165) is 11.3 Å². The highest BCUT2D eigenvalue weighted by Gasteiger charge is 2.08. The predicted molar refractivity (Wildman–Crippen MR) is 94.0 cm³/mol. The van der Waals surface area contributed by atoms with Crippen LogP contribution in [-0.4, -0.2) is 23.3 Å². The van der Waals surface area contributed by atoms with Gasteiger partial charge in [0.25, 0.3) is 5.91 Å². The molecule has 6 nitrogen and oxygen atoms in total. The van der Waals surface area contributed by atoms with E-state index >= 15 is 0 Å². The van der Waals surface area contributed by atoms with Crippen molar-refractivity contribution in [3.63, 3.8) is 0 Å². The molecule has 2 N–H and O–H groups in total. The molecule has 0 spiro atoms. The molecular weight excluding hydrogens is 318 g/mol. The summed E-state index contributed by atoms with van der Waals surface area (Å²) in [6, 6.07) is 16.2. The van der Waals surface area contributed by atoms with E-state index in [4.69, 9.17) is 4.42 Å². The van der Waals surface area contributed by atoms with Crippen LogP contribution in [0.1, 0.15) is 16.8 Å². The van der Waals surface area contributed by atoms with Crippen LogP contribution < -0.4 is 10.6 Å². The number of carbonyl (C=O) groups is 2. The largest absolute Gasteiger partial charge is 0.444 e. The van der Waals surface area contributed by atoms with Crippen molar-refractivity contribution in [2.24, 2.45) is 0 Å². The minimum Gasteiger partial charge on any atom is -0.444 e. The third-order valence-corrected chi connectivity index (χ3v) is 3.56. The zero-order valence-corrected chi connectivity index (χ0v) is 13.4. The monoisotopic (exact) mass is 335 g/mol. The fraction of sp³-hybridized carbons (Fsp3) is 0.105. The third kappa shape index (κ3) is 4.54. The molecule has 126 valence electrons. The van der Waals surface area contributed by atoms with Gasteiger partial charge in [0.15, 0.2) is 12.2 Å². The van der Waals surface area contributed by atoms with Crippen molar-refractivity contribution >= 4 is 17.5 Å². The predicted octanol–water partition coefficient (Wildman–Crippen LogP) is 3.10. The summed E-state index contributed by atoms with van der Waals surface area (Å²) in [5.41, 5.74) is 2.10. The number of carbonyl (C=O) groups excluding carboxylic acids is 2. The average molecular weight is 335 g/mol. The molecule has 0 saturated heterocycles. The third-order valence-electron chi connectivity index (χ3n) is 3.56. The number of benzene rings is 2. The van der Waals surface area contributed by atoms with Gasteiger partial charge >= 0.3 is 0 Å². The van der Waals surface area contributed by atoms with Gasteiger partial charge in [0.1, 0.15) is 0 Å². The first-order valence-corrected chi connectivity index (χ1v) is 7.84. The van der Waals surface area contributed by atoms with Crippen LogP contribution >= 0.6 is 0 Å². The number of rotatable bonds is 6. The fourth-order valence-electron chi connectivity index (χ4n) is 2.28. The van der Waals surface area contributed by atoms with Gasteiger partial charge in [-0.2, -0.15) is 0 Å². The number of anilines is 1. The molecule has 1 heterocycles. The second-order valence-corrected chi connectivity index (χ2v) is 5.36. The molecule has 0 unspecified atom stereocenters. The summed E-state index contributed by atoms with van der Waals surface area (Å²) in [6.07, 6.45) is 3.17. The molecule has 0 fully saturated rings. The molecule has 3 rings (SSSR count). The van der Waals surface area contributed by atoms with Crippen LogP contribution in [0.15, 0.2) is 71.6 Å². The first-order valence-electron chi connectivity index (χ1n) is 7.84. The van der Waals surface area contributed by atoms with E-state index in [2.05, 4.69) is 15.6 Å². The van der Waals surface area contributed by atoms with Crippen molar-refractivity contribution < 1.29 is 14.0 Å². The summed E-state index contributed by atoms with van der Waals surface area (Å²) in [5, 5.41) is 5.51. The molecule has 0 aliphatic rings. The lowest BCUT2D eigenvalue weighted by molar-refractivity contribution is -0.116. The summed E-state index contributed by atoms with van der Waals surface area (Å²) >= 11 is 0. The molecule has 0 radical (unpaired) electrons. The van der Waals surface area contributed by atoms with Crippen molar-refractivity contribution in [1.82, 2.24) is 10.3 Å². The molecule has 3 aromatic rings. The first kappa shape index (κ1) is 16.4. The van der Waals surface area contributed by atoms with Crippen LogP contribution in [0.3, 0.4) is 0 Å². The van der Waals surface area contributed by atoms with E-state index in [0.29, 0.717) is 11.3 Å². The number of nitrogens with one attached hydrogen (secondary N) is 2. The Kier molecular flexibility index (Phi) is 5.21. The van der Waals surface area contributed by atoms with Crippen LogP contribution in [-0.2, 0) is 4.79 Å². The highest BCUT2D eigenvalue weighted by atomic mass is 16.3. The average Bonchev–Trinajstić information content (AvgIpc) is 3.17. The Morgan fingerprint density at radius 1 is 1.00 bits per heavy atom. The molecule has 0 atom stereocenters. The molecule has 0 aliphatic heterocycles. The van der Waals surface area contributed by atoms with E-state index < -0.39 is 0 Å². The van der Waals surface area contributed by atoms with Crippen LogP contribution in [0, 0.1) is 0 Å². The molecule has 25 heavy (non-hydrogen) atoms. The maximum Gasteiger partial charge on any atom is 0.251 e. The number of aromatic nitrogens is 1. The lowest BCUT2D eigenvalue weighted by atomic mass is 10.1. The smallest absolute Gasteiger partial charge is 0.251 e. The normalized spacial score (nSPS) is 10.2. The first-order chi connectivity index (χ1) is 12.2. The maximum absolute atomic E-state index is 12.1. The molecule has 1 aromatic heterocycles. The maximum atomic E-state index is 12.1. The minimum atomic E-state index is -0.225. The minimum absolute atomic E-state index is 0.146. The lowest BCUT2D eigenvalue weighted by Crippen LogP contribution is -2.27. The molecule has 0 saturated carbocycles. The van der Waals surface area contributed by atoms with Gasteiger partial charge in [0, 0.05) is 29.8 Å². The van der Waals surface area contributed by atoms with Crippen LogP contribution in [0.2, 0.25) is 0 Å². The molecule has 0 aliphatic carbocycles. The molecule has 2 amide bonds.